The fourth-order valence-electron chi connectivity index (χ4n) is 10.1. The summed E-state index contributed by atoms with van der Waals surface area (Å²) in [7, 11) is -3.07. The van der Waals surface area contributed by atoms with Crippen LogP contribution in [0.15, 0.2) is 243 Å². The number of hydrogen-bond acceptors (Lipinski definition) is 4. The average molecular weight is 896 g/mol. The van der Waals surface area contributed by atoms with Crippen LogP contribution in [0.25, 0.3) is 67.5 Å². The van der Waals surface area contributed by atoms with Gasteiger partial charge >= 0.3 is 0 Å². The summed E-state index contributed by atoms with van der Waals surface area (Å²) in [6.45, 7) is 0. The first-order valence-electron chi connectivity index (χ1n) is 23.7. The van der Waals surface area contributed by atoms with Crippen molar-refractivity contribution < 1.29 is 4.57 Å². The van der Waals surface area contributed by atoms with E-state index in [-0.39, 0.29) is 5.41 Å². The molecule has 0 unspecified atom stereocenters. The van der Waals surface area contributed by atoms with Crippen LogP contribution in [0, 0.1) is 0 Å². The molecular weight excluding hydrogens is 846 g/mol. The molecule has 0 saturated heterocycles. The molecule has 0 atom stereocenters. The second-order valence-corrected chi connectivity index (χ2v) is 20.6. The van der Waals surface area contributed by atoms with Crippen molar-refractivity contribution in [3.63, 3.8) is 0 Å². The van der Waals surface area contributed by atoms with Gasteiger partial charge in [-0.15, -0.1) is 0 Å². The maximum Gasteiger partial charge on any atom is 0.171 e. The normalized spacial score (nSPS) is 13.5. The van der Waals surface area contributed by atoms with E-state index in [0.717, 1.165) is 78.8 Å². The maximum atomic E-state index is 15.1. The van der Waals surface area contributed by atoms with Gasteiger partial charge in [-0.2, -0.15) is 0 Å². The molecule has 328 valence electrons. The second kappa shape index (κ2) is 18.8. The number of nitrogens with zero attached hydrogens (tertiary/aromatic N) is 3. The molecule has 0 radical (unpaired) electrons. The molecule has 1 aliphatic carbocycles. The van der Waals surface area contributed by atoms with Gasteiger partial charge in [-0.05, 0) is 69.5 Å². The zero-order valence-electron chi connectivity index (χ0n) is 37.8. The number of rotatable bonds is 11. The summed E-state index contributed by atoms with van der Waals surface area (Å²) in [5.74, 6) is 1.90. The molecule has 1 aromatic heterocycles. The Morgan fingerprint density at radius 3 is 1.16 bits per heavy atom. The van der Waals surface area contributed by atoms with E-state index in [1.807, 2.05) is 72.8 Å². The molecule has 9 aromatic carbocycles. The fraction of sp³-hybridized carbons (Fsp3) is 0.0952. The largest absolute Gasteiger partial charge is 0.309 e. The molecule has 1 saturated carbocycles. The van der Waals surface area contributed by atoms with Crippen LogP contribution in [0.2, 0.25) is 0 Å². The summed E-state index contributed by atoms with van der Waals surface area (Å²) in [5, 5.41) is 2.51. The van der Waals surface area contributed by atoms with Crippen molar-refractivity contribution in [1.82, 2.24) is 15.0 Å². The average Bonchev–Trinajstić information content (AvgIpc) is 3.44. The quantitative estimate of drug-likeness (QED) is 0.121. The van der Waals surface area contributed by atoms with Gasteiger partial charge in [-0.25, -0.2) is 15.0 Å². The van der Waals surface area contributed by atoms with E-state index in [2.05, 4.69) is 170 Å². The molecule has 10 aromatic rings. The molecule has 0 N–H and O–H groups in total. The van der Waals surface area contributed by atoms with Gasteiger partial charge in [0.1, 0.15) is 0 Å². The lowest BCUT2D eigenvalue weighted by molar-refractivity contribution is 0.346. The molecule has 0 amide bonds. The van der Waals surface area contributed by atoms with Crippen LogP contribution in [0.4, 0.5) is 0 Å². The molecule has 4 nitrogen and oxygen atoms in total. The van der Waals surface area contributed by atoms with Crippen LogP contribution in [0.1, 0.15) is 43.2 Å². The van der Waals surface area contributed by atoms with Crippen LogP contribution >= 0.6 is 7.14 Å². The van der Waals surface area contributed by atoms with Gasteiger partial charge in [0.05, 0.1) is 0 Å². The molecule has 11 rings (SSSR count). The Morgan fingerprint density at radius 2 is 0.662 bits per heavy atom. The third-order valence-electron chi connectivity index (χ3n) is 13.7. The maximum absolute atomic E-state index is 15.1. The molecular formula is C63H50N3OP. The van der Waals surface area contributed by atoms with E-state index in [4.69, 9.17) is 15.0 Å². The van der Waals surface area contributed by atoms with Gasteiger partial charge in [0, 0.05) is 38.0 Å². The minimum absolute atomic E-state index is 0.145. The van der Waals surface area contributed by atoms with E-state index in [1.165, 1.54) is 30.4 Å². The highest BCUT2D eigenvalue weighted by molar-refractivity contribution is 7.85. The Hall–Kier alpha value is -7.78. The Bertz CT molecular complexity index is 3230. The van der Waals surface area contributed by atoms with Crippen LogP contribution in [-0.4, -0.2) is 15.0 Å². The van der Waals surface area contributed by atoms with Crippen molar-refractivity contribution in [2.45, 2.75) is 37.5 Å². The van der Waals surface area contributed by atoms with E-state index in [9.17, 15) is 0 Å². The Kier molecular flexibility index (Phi) is 11.9. The van der Waals surface area contributed by atoms with E-state index in [0.29, 0.717) is 17.5 Å². The molecule has 0 aliphatic heterocycles. The Labute approximate surface area is 399 Å². The third kappa shape index (κ3) is 8.45. The number of hydrogen-bond donors (Lipinski definition) is 0. The van der Waals surface area contributed by atoms with Crippen molar-refractivity contribution in [2.24, 2.45) is 0 Å². The van der Waals surface area contributed by atoms with Gasteiger partial charge in [0.2, 0.25) is 0 Å². The SMILES string of the molecule is O=P(c1ccccc1)(c1ccccc1)c1ccc(-c2cccc(C3(c4ccc(-c5nc(-c6cccc(-c7ccccc7)c6)nc(-c6cccc(-c7ccccc7)c6)n5)cc4)CCCCC3)c2)cc1. The van der Waals surface area contributed by atoms with E-state index in [1.54, 1.807) is 0 Å². The van der Waals surface area contributed by atoms with Crippen molar-refractivity contribution in [1.29, 1.82) is 0 Å². The molecule has 68 heavy (non-hydrogen) atoms. The van der Waals surface area contributed by atoms with E-state index >= 15 is 4.57 Å². The lowest BCUT2D eigenvalue weighted by Gasteiger charge is -2.39. The fourth-order valence-corrected chi connectivity index (χ4v) is 12.8. The van der Waals surface area contributed by atoms with Gasteiger partial charge < -0.3 is 4.57 Å². The topological polar surface area (TPSA) is 55.7 Å². The van der Waals surface area contributed by atoms with Crippen LogP contribution in [0.5, 0.6) is 0 Å². The highest BCUT2D eigenvalue weighted by atomic mass is 31.2. The minimum Gasteiger partial charge on any atom is -0.309 e. The monoisotopic (exact) mass is 895 g/mol. The smallest absolute Gasteiger partial charge is 0.171 e. The Morgan fingerprint density at radius 1 is 0.294 bits per heavy atom. The lowest BCUT2D eigenvalue weighted by Crippen LogP contribution is -2.30. The minimum atomic E-state index is -3.07. The highest BCUT2D eigenvalue weighted by Gasteiger charge is 2.36. The highest BCUT2D eigenvalue weighted by Crippen LogP contribution is 2.47. The van der Waals surface area contributed by atoms with Crippen molar-refractivity contribution in [3.05, 3.63) is 254 Å². The number of benzene rings is 9. The molecule has 1 aliphatic rings. The second-order valence-electron chi connectivity index (χ2n) is 17.8. The lowest BCUT2D eigenvalue weighted by atomic mass is 9.65. The zero-order valence-corrected chi connectivity index (χ0v) is 38.7. The first-order chi connectivity index (χ1) is 33.5. The molecule has 0 bridgehead atoms. The molecule has 1 fully saturated rings. The first kappa shape index (κ1) is 42.8. The first-order valence-corrected chi connectivity index (χ1v) is 25.4. The van der Waals surface area contributed by atoms with Gasteiger partial charge in [-0.3, -0.25) is 0 Å². The Balaban J connectivity index is 0.949. The summed E-state index contributed by atoms with van der Waals surface area (Å²) < 4.78 is 15.1. The van der Waals surface area contributed by atoms with E-state index < -0.39 is 7.14 Å². The van der Waals surface area contributed by atoms with Gasteiger partial charge in [0.15, 0.2) is 24.6 Å². The van der Waals surface area contributed by atoms with Crippen molar-refractivity contribution in [3.8, 4) is 67.5 Å². The summed E-state index contributed by atoms with van der Waals surface area (Å²) in [6, 6.07) is 84.1. The van der Waals surface area contributed by atoms with Crippen molar-refractivity contribution >= 4 is 23.1 Å². The summed E-state index contributed by atoms with van der Waals surface area (Å²) >= 11 is 0. The van der Waals surface area contributed by atoms with Crippen LogP contribution in [-0.2, 0) is 9.98 Å². The number of aromatic nitrogens is 3. The standard InChI is InChI=1S/C63H50N3OP/c67-68(57-29-10-3-11-30-57,58-31-12-4-13-32-58)59-39-35-48(36-40-59)52-25-18-28-56(45-52)63(41-14-5-15-42-63)55-37-33-49(34-38-55)60-64-61(53-26-16-23-50(43-53)46-19-6-1-7-20-46)66-62(65-60)54-27-17-24-51(44-54)47-21-8-2-9-22-47/h1-4,6-13,16-40,43-45H,5,14-15,41-42H2. The van der Waals surface area contributed by atoms with Gasteiger partial charge in [-0.1, -0.05) is 250 Å². The predicted molar refractivity (Wildman–Crippen MR) is 282 cm³/mol. The summed E-state index contributed by atoms with van der Waals surface area (Å²) in [5.41, 5.74) is 12.1. The zero-order chi connectivity index (χ0) is 45.8. The summed E-state index contributed by atoms with van der Waals surface area (Å²) in [6.07, 6.45) is 5.71. The molecule has 1 heterocycles. The van der Waals surface area contributed by atoms with Crippen molar-refractivity contribution in [2.75, 3.05) is 0 Å². The van der Waals surface area contributed by atoms with Gasteiger partial charge in [0.25, 0.3) is 0 Å². The summed E-state index contributed by atoms with van der Waals surface area (Å²) in [4.78, 5) is 15.5. The van der Waals surface area contributed by atoms with Crippen LogP contribution < -0.4 is 15.9 Å². The predicted octanol–water partition coefficient (Wildman–Crippen LogP) is 14.8. The molecule has 5 heteroatoms. The van der Waals surface area contributed by atoms with Crippen LogP contribution in [0.3, 0.4) is 0 Å². The molecule has 0 spiro atoms. The third-order valence-corrected chi connectivity index (χ3v) is 16.8.